The Bertz CT molecular complexity index is 850. The second-order valence-corrected chi connectivity index (χ2v) is 5.84. The Labute approximate surface area is 140 Å². The van der Waals surface area contributed by atoms with Crippen molar-refractivity contribution in [1.82, 2.24) is 9.38 Å². The number of ether oxygens (including phenoxy) is 1. The van der Waals surface area contributed by atoms with Crippen molar-refractivity contribution in [1.29, 1.82) is 5.26 Å². The van der Waals surface area contributed by atoms with E-state index in [-0.39, 0.29) is 13.2 Å². The minimum atomic E-state index is -0.0224. The number of aliphatic hydroxyl groups is 1. The average Bonchev–Trinajstić information content (AvgIpc) is 2.91. The van der Waals surface area contributed by atoms with Crippen LogP contribution in [0.25, 0.3) is 16.9 Å². The first-order valence-electron chi connectivity index (χ1n) is 6.64. The molecule has 3 rings (SSSR count). The number of nitrogens with zero attached hydrogens (tertiary/aromatic N) is 3. The van der Waals surface area contributed by atoms with Crippen molar-refractivity contribution in [2.75, 3.05) is 13.2 Å². The van der Waals surface area contributed by atoms with Gasteiger partial charge in [-0.05, 0) is 59.0 Å². The number of imidazole rings is 1. The molecule has 22 heavy (non-hydrogen) atoms. The largest absolute Gasteiger partial charge is 0.491 e. The summed E-state index contributed by atoms with van der Waals surface area (Å²) in [6.07, 6.45) is 1.89. The molecule has 0 amide bonds. The number of rotatable bonds is 4. The van der Waals surface area contributed by atoms with E-state index in [1.807, 2.05) is 30.5 Å². The molecule has 0 spiro atoms. The fourth-order valence-corrected chi connectivity index (χ4v) is 2.66. The lowest BCUT2D eigenvalue weighted by atomic mass is 10.1. The van der Waals surface area contributed by atoms with E-state index >= 15 is 0 Å². The predicted octanol–water partition coefficient (Wildman–Crippen LogP) is 2.85. The summed E-state index contributed by atoms with van der Waals surface area (Å²) in [6, 6.07) is 13.4. The lowest BCUT2D eigenvalue weighted by Crippen LogP contribution is -2.01. The highest BCUT2D eigenvalue weighted by Crippen LogP contribution is 2.26. The maximum Gasteiger partial charge on any atom is 0.152 e. The number of benzene rings is 1. The summed E-state index contributed by atoms with van der Waals surface area (Å²) in [4.78, 5) is 4.54. The summed E-state index contributed by atoms with van der Waals surface area (Å²) in [5.74, 6) is 0.676. The summed E-state index contributed by atoms with van der Waals surface area (Å²) < 4.78 is 8.17. The van der Waals surface area contributed by atoms with Gasteiger partial charge in [0.25, 0.3) is 0 Å². The minimum absolute atomic E-state index is 0.0224. The Morgan fingerprint density at radius 3 is 2.68 bits per heavy atom. The van der Waals surface area contributed by atoms with Crippen LogP contribution >= 0.6 is 22.6 Å². The van der Waals surface area contributed by atoms with Crippen molar-refractivity contribution in [3.05, 3.63) is 51.9 Å². The van der Waals surface area contributed by atoms with Gasteiger partial charge in [-0.25, -0.2) is 4.98 Å². The molecular formula is C16H12IN3O2. The van der Waals surface area contributed by atoms with Gasteiger partial charge in [0.15, 0.2) is 5.69 Å². The minimum Gasteiger partial charge on any atom is -0.491 e. The molecule has 0 saturated heterocycles. The maximum atomic E-state index is 9.46. The molecule has 1 aromatic carbocycles. The van der Waals surface area contributed by atoms with Crippen LogP contribution < -0.4 is 4.74 Å². The average molecular weight is 401 g/mol. The number of aromatic nitrogens is 2. The molecule has 0 aliphatic rings. The molecule has 0 unspecified atom stereocenters. The van der Waals surface area contributed by atoms with Gasteiger partial charge in [0.05, 0.1) is 6.61 Å². The van der Waals surface area contributed by atoms with Crippen LogP contribution in [-0.2, 0) is 0 Å². The van der Waals surface area contributed by atoms with E-state index < -0.39 is 0 Å². The number of hydrogen-bond acceptors (Lipinski definition) is 4. The molecule has 0 fully saturated rings. The maximum absolute atomic E-state index is 9.46. The Hall–Kier alpha value is -2.11. The zero-order chi connectivity index (χ0) is 15.5. The Morgan fingerprint density at radius 2 is 2.00 bits per heavy atom. The van der Waals surface area contributed by atoms with Crippen molar-refractivity contribution < 1.29 is 9.84 Å². The van der Waals surface area contributed by atoms with Crippen LogP contribution in [-0.4, -0.2) is 27.7 Å². The molecule has 6 heteroatoms. The first-order valence-corrected chi connectivity index (χ1v) is 7.72. The SMILES string of the molecule is N#Cc1c(-c2ccc(OCCO)cc2)nc2ccc([123I])cn12. The molecule has 0 aliphatic carbocycles. The quantitative estimate of drug-likeness (QED) is 0.683. The molecule has 1 N–H and O–H groups in total. The molecular weight excluding hydrogens is 389 g/mol. The van der Waals surface area contributed by atoms with Crippen molar-refractivity contribution in [2.45, 2.75) is 0 Å². The van der Waals surface area contributed by atoms with Crippen LogP contribution in [0.3, 0.4) is 0 Å². The van der Waals surface area contributed by atoms with Crippen LogP contribution in [0.15, 0.2) is 42.6 Å². The molecule has 0 aliphatic heterocycles. The number of halogens is 1. The molecule has 110 valence electrons. The number of nitriles is 1. The van der Waals surface area contributed by atoms with Crippen molar-refractivity contribution >= 4 is 28.2 Å². The normalized spacial score (nSPS) is 10.6. The topological polar surface area (TPSA) is 70.5 Å². The van der Waals surface area contributed by atoms with E-state index in [2.05, 4.69) is 33.6 Å². The van der Waals surface area contributed by atoms with E-state index in [1.165, 1.54) is 0 Å². The molecule has 0 bridgehead atoms. The van der Waals surface area contributed by atoms with Gasteiger partial charge in [0, 0.05) is 15.3 Å². The fourth-order valence-electron chi connectivity index (χ4n) is 2.20. The van der Waals surface area contributed by atoms with Crippen LogP contribution in [0.4, 0.5) is 0 Å². The van der Waals surface area contributed by atoms with Gasteiger partial charge in [-0.3, -0.25) is 4.40 Å². The van der Waals surface area contributed by atoms with Gasteiger partial charge >= 0.3 is 0 Å². The molecule has 0 radical (unpaired) electrons. The van der Waals surface area contributed by atoms with Gasteiger partial charge in [0.1, 0.15) is 29.8 Å². The second kappa shape index (κ2) is 6.34. The Kier molecular flexibility index (Phi) is 4.27. The van der Waals surface area contributed by atoms with Crippen LogP contribution in [0.1, 0.15) is 5.69 Å². The lowest BCUT2D eigenvalue weighted by Gasteiger charge is -2.04. The predicted molar refractivity (Wildman–Crippen MR) is 90.6 cm³/mol. The number of pyridine rings is 1. The van der Waals surface area contributed by atoms with Gasteiger partial charge in [0.2, 0.25) is 0 Å². The highest BCUT2D eigenvalue weighted by molar-refractivity contribution is 14.1. The van der Waals surface area contributed by atoms with Gasteiger partial charge in [-0.15, -0.1) is 0 Å². The molecule has 2 heterocycles. The van der Waals surface area contributed by atoms with Gasteiger partial charge < -0.3 is 9.84 Å². The van der Waals surface area contributed by atoms with Crippen LogP contribution in [0.5, 0.6) is 5.75 Å². The summed E-state index contributed by atoms with van der Waals surface area (Å²) in [5, 5.41) is 18.2. The third kappa shape index (κ3) is 2.77. The summed E-state index contributed by atoms with van der Waals surface area (Å²) >= 11 is 2.21. The summed E-state index contributed by atoms with van der Waals surface area (Å²) in [5.41, 5.74) is 2.76. The first-order chi connectivity index (χ1) is 10.7. The zero-order valence-electron chi connectivity index (χ0n) is 11.5. The number of aliphatic hydroxyl groups excluding tert-OH is 1. The summed E-state index contributed by atoms with van der Waals surface area (Å²) in [7, 11) is 0. The van der Waals surface area contributed by atoms with Crippen LogP contribution in [0.2, 0.25) is 0 Å². The first kappa shape index (κ1) is 14.8. The number of fused-ring (bicyclic) bond motifs is 1. The van der Waals surface area contributed by atoms with E-state index in [9.17, 15) is 5.26 Å². The Morgan fingerprint density at radius 1 is 1.23 bits per heavy atom. The monoisotopic (exact) mass is 401 g/mol. The molecule has 5 nitrogen and oxygen atoms in total. The van der Waals surface area contributed by atoms with Crippen molar-refractivity contribution in [2.24, 2.45) is 0 Å². The van der Waals surface area contributed by atoms with Gasteiger partial charge in [-0.2, -0.15) is 5.26 Å². The molecule has 0 atom stereocenters. The molecule has 0 saturated carbocycles. The molecule has 3 aromatic rings. The highest BCUT2D eigenvalue weighted by atomic mass is 123. The van der Waals surface area contributed by atoms with Crippen molar-refractivity contribution in [3.8, 4) is 23.1 Å². The number of hydrogen-bond donors (Lipinski definition) is 1. The van der Waals surface area contributed by atoms with Gasteiger partial charge in [-0.1, -0.05) is 0 Å². The third-order valence-electron chi connectivity index (χ3n) is 3.18. The van der Waals surface area contributed by atoms with E-state index in [0.717, 1.165) is 14.8 Å². The van der Waals surface area contributed by atoms with E-state index in [4.69, 9.17) is 9.84 Å². The van der Waals surface area contributed by atoms with Crippen molar-refractivity contribution in [3.63, 3.8) is 0 Å². The summed E-state index contributed by atoms with van der Waals surface area (Å²) in [6.45, 7) is 0.237. The van der Waals surface area contributed by atoms with Crippen LogP contribution in [0, 0.1) is 14.9 Å². The second-order valence-electron chi connectivity index (χ2n) is 4.59. The smallest absolute Gasteiger partial charge is 0.152 e. The third-order valence-corrected chi connectivity index (χ3v) is 3.81. The Balaban J connectivity index is 2.04. The zero-order valence-corrected chi connectivity index (χ0v) is 13.7. The highest BCUT2D eigenvalue weighted by Gasteiger charge is 2.14. The standard InChI is InChI=1S/C16H12IN3O2/c17-12-3-6-15-19-16(14(9-18)20(15)10-12)11-1-4-13(5-2-11)22-8-7-21/h1-6,10,21H,7-8H2/i17-4. The van der Waals surface area contributed by atoms with E-state index in [0.29, 0.717) is 17.1 Å². The molecule has 2 aromatic heterocycles. The fraction of sp³-hybridized carbons (Fsp3) is 0.125. The lowest BCUT2D eigenvalue weighted by molar-refractivity contribution is 0.201. The van der Waals surface area contributed by atoms with E-state index in [1.54, 1.807) is 16.5 Å².